The zero-order chi connectivity index (χ0) is 19.5. The molecule has 1 atom stereocenters. The number of carbonyl (C=O) groups is 3. The van der Waals surface area contributed by atoms with Gasteiger partial charge in [0.1, 0.15) is 5.25 Å². The number of non-ortho nitro benzene ring substituents is 1. The Bertz CT molecular complexity index is 650. The number of nitrogens with zero attached hydrogens (tertiary/aromatic N) is 1. The summed E-state index contributed by atoms with van der Waals surface area (Å²) < 4.78 is 4.90. The van der Waals surface area contributed by atoms with Crippen LogP contribution in [0.2, 0.25) is 0 Å². The van der Waals surface area contributed by atoms with E-state index < -0.39 is 28.7 Å². The van der Waals surface area contributed by atoms with Gasteiger partial charge < -0.3 is 15.4 Å². The second-order valence-corrected chi connectivity index (χ2v) is 6.66. The summed E-state index contributed by atoms with van der Waals surface area (Å²) >= 11 is 1.16. The molecule has 2 N–H and O–H groups in total. The van der Waals surface area contributed by atoms with Gasteiger partial charge in [-0.05, 0) is 25.5 Å². The number of amides is 2. The van der Waals surface area contributed by atoms with Crippen molar-refractivity contribution in [3.63, 3.8) is 0 Å². The van der Waals surface area contributed by atoms with E-state index in [1.54, 1.807) is 6.92 Å². The first-order valence-electron chi connectivity index (χ1n) is 7.94. The maximum absolute atomic E-state index is 11.9. The molecule has 0 fully saturated rings. The minimum Gasteiger partial charge on any atom is -0.455 e. The Morgan fingerprint density at radius 1 is 1.19 bits per heavy atom. The number of hydrogen-bond acceptors (Lipinski definition) is 7. The number of thioether (sulfide) groups is 1. The summed E-state index contributed by atoms with van der Waals surface area (Å²) in [5.41, 5.74) is -0.0378. The van der Waals surface area contributed by atoms with E-state index in [0.717, 1.165) is 18.2 Å². The molecule has 0 spiro atoms. The van der Waals surface area contributed by atoms with E-state index in [1.165, 1.54) is 24.3 Å². The number of rotatable bonds is 10. The molecule has 9 nitrogen and oxygen atoms in total. The average Bonchev–Trinajstić information content (AvgIpc) is 2.62. The van der Waals surface area contributed by atoms with E-state index in [1.807, 2.05) is 6.92 Å². The molecule has 0 bridgehead atoms. The molecular formula is C16H21N3O6S. The van der Waals surface area contributed by atoms with Gasteiger partial charge in [-0.1, -0.05) is 6.92 Å². The molecule has 0 aliphatic heterocycles. The van der Waals surface area contributed by atoms with E-state index in [2.05, 4.69) is 10.6 Å². The molecule has 2 amide bonds. The van der Waals surface area contributed by atoms with Crippen LogP contribution in [0, 0.1) is 10.1 Å². The fourth-order valence-electron chi connectivity index (χ4n) is 1.71. The van der Waals surface area contributed by atoms with Crippen LogP contribution in [-0.2, 0) is 19.1 Å². The Labute approximate surface area is 155 Å². The van der Waals surface area contributed by atoms with Crippen molar-refractivity contribution >= 4 is 35.2 Å². The van der Waals surface area contributed by atoms with Crippen molar-refractivity contribution in [2.45, 2.75) is 30.4 Å². The molecule has 10 heteroatoms. The maximum Gasteiger partial charge on any atom is 0.319 e. The van der Waals surface area contributed by atoms with Gasteiger partial charge in [0, 0.05) is 23.6 Å². The highest BCUT2D eigenvalue weighted by Crippen LogP contribution is 2.25. The van der Waals surface area contributed by atoms with Crippen LogP contribution in [0.15, 0.2) is 29.2 Å². The summed E-state index contributed by atoms with van der Waals surface area (Å²) in [6, 6.07) is 5.76. The first kappa shape index (κ1) is 21.4. The Hall–Kier alpha value is -2.62. The summed E-state index contributed by atoms with van der Waals surface area (Å²) in [5, 5.41) is 15.0. The number of benzene rings is 1. The molecular weight excluding hydrogens is 362 g/mol. The van der Waals surface area contributed by atoms with Gasteiger partial charge in [-0.25, -0.2) is 0 Å². The van der Waals surface area contributed by atoms with Crippen molar-refractivity contribution in [1.29, 1.82) is 0 Å². The van der Waals surface area contributed by atoms with Gasteiger partial charge in [0.2, 0.25) is 5.91 Å². The molecule has 142 valence electrons. The number of ether oxygens (including phenoxy) is 1. The number of esters is 1. The topological polar surface area (TPSA) is 128 Å². The molecule has 1 aromatic carbocycles. The molecule has 1 rings (SSSR count). The normalized spacial score (nSPS) is 11.3. The second kappa shape index (κ2) is 11.1. The van der Waals surface area contributed by atoms with Gasteiger partial charge >= 0.3 is 5.97 Å². The van der Waals surface area contributed by atoms with Gasteiger partial charge in [-0.15, -0.1) is 11.8 Å². The molecule has 0 aromatic heterocycles. The van der Waals surface area contributed by atoms with Crippen LogP contribution in [-0.4, -0.2) is 47.7 Å². The third-order valence-corrected chi connectivity index (χ3v) is 4.15. The number of hydrogen-bond donors (Lipinski definition) is 2. The SMILES string of the molecule is CCCNC(=O)CNC(=O)COC(=O)[C@H](C)Sc1ccc([N+](=O)[O-])cc1. The second-order valence-electron chi connectivity index (χ2n) is 5.25. The molecule has 0 unspecified atom stereocenters. The molecule has 0 saturated carbocycles. The summed E-state index contributed by atoms with van der Waals surface area (Å²) in [4.78, 5) is 45.6. The van der Waals surface area contributed by atoms with Crippen LogP contribution >= 0.6 is 11.8 Å². The monoisotopic (exact) mass is 383 g/mol. The van der Waals surface area contributed by atoms with Crippen molar-refractivity contribution in [2.75, 3.05) is 19.7 Å². The third-order valence-electron chi connectivity index (χ3n) is 3.06. The quantitative estimate of drug-likeness (QED) is 0.269. The van der Waals surface area contributed by atoms with Crippen molar-refractivity contribution in [2.24, 2.45) is 0 Å². The van der Waals surface area contributed by atoms with E-state index in [0.29, 0.717) is 11.4 Å². The van der Waals surface area contributed by atoms with Crippen molar-refractivity contribution in [1.82, 2.24) is 10.6 Å². The molecule has 0 aliphatic carbocycles. The highest BCUT2D eigenvalue weighted by Gasteiger charge is 2.18. The van der Waals surface area contributed by atoms with Crippen LogP contribution in [0.4, 0.5) is 5.69 Å². The van der Waals surface area contributed by atoms with Crippen LogP contribution in [0.5, 0.6) is 0 Å². The highest BCUT2D eigenvalue weighted by molar-refractivity contribution is 8.00. The van der Waals surface area contributed by atoms with Gasteiger partial charge in [0.25, 0.3) is 11.6 Å². The van der Waals surface area contributed by atoms with Gasteiger partial charge in [-0.3, -0.25) is 24.5 Å². The van der Waals surface area contributed by atoms with Crippen molar-refractivity contribution in [3.8, 4) is 0 Å². The van der Waals surface area contributed by atoms with Crippen LogP contribution in [0.1, 0.15) is 20.3 Å². The third kappa shape index (κ3) is 7.97. The highest BCUT2D eigenvalue weighted by atomic mass is 32.2. The smallest absolute Gasteiger partial charge is 0.319 e. The molecule has 0 saturated heterocycles. The Kier molecular flexibility index (Phi) is 9.13. The molecule has 0 heterocycles. The number of nitrogens with one attached hydrogen (secondary N) is 2. The Balaban J connectivity index is 2.34. The van der Waals surface area contributed by atoms with Crippen molar-refractivity contribution in [3.05, 3.63) is 34.4 Å². The van der Waals surface area contributed by atoms with E-state index in [9.17, 15) is 24.5 Å². The zero-order valence-corrected chi connectivity index (χ0v) is 15.3. The summed E-state index contributed by atoms with van der Waals surface area (Å²) in [7, 11) is 0. The lowest BCUT2D eigenvalue weighted by atomic mass is 10.3. The molecule has 0 radical (unpaired) electrons. The van der Waals surface area contributed by atoms with Crippen LogP contribution in [0.3, 0.4) is 0 Å². The number of nitro groups is 1. The molecule has 0 aliphatic rings. The Morgan fingerprint density at radius 3 is 2.42 bits per heavy atom. The summed E-state index contributed by atoms with van der Waals surface area (Å²) in [5.74, 6) is -1.48. The summed E-state index contributed by atoms with van der Waals surface area (Å²) in [6.45, 7) is 3.38. The van der Waals surface area contributed by atoms with Crippen LogP contribution in [0.25, 0.3) is 0 Å². The lowest BCUT2D eigenvalue weighted by Crippen LogP contribution is -2.39. The predicted molar refractivity (Wildman–Crippen MR) is 95.7 cm³/mol. The Morgan fingerprint density at radius 2 is 1.85 bits per heavy atom. The zero-order valence-electron chi connectivity index (χ0n) is 14.5. The first-order valence-corrected chi connectivity index (χ1v) is 8.82. The number of carbonyl (C=O) groups excluding carboxylic acids is 3. The summed E-state index contributed by atoms with van der Waals surface area (Å²) in [6.07, 6.45) is 0.793. The molecule has 1 aromatic rings. The first-order chi connectivity index (χ1) is 12.3. The largest absolute Gasteiger partial charge is 0.455 e. The van der Waals surface area contributed by atoms with E-state index >= 15 is 0 Å². The number of nitro benzene ring substituents is 1. The van der Waals surface area contributed by atoms with Gasteiger partial charge in [0.15, 0.2) is 6.61 Å². The average molecular weight is 383 g/mol. The minimum absolute atomic E-state index is 0.0378. The van der Waals surface area contributed by atoms with Gasteiger partial charge in [-0.2, -0.15) is 0 Å². The fourth-order valence-corrected chi connectivity index (χ4v) is 2.58. The van der Waals surface area contributed by atoms with Crippen molar-refractivity contribution < 1.29 is 24.0 Å². The fraction of sp³-hybridized carbons (Fsp3) is 0.438. The lowest BCUT2D eigenvalue weighted by Gasteiger charge is -2.11. The van der Waals surface area contributed by atoms with E-state index in [4.69, 9.17) is 4.74 Å². The van der Waals surface area contributed by atoms with Gasteiger partial charge in [0.05, 0.1) is 11.5 Å². The standard InChI is InChI=1S/C16H21N3O6S/c1-3-8-17-14(20)9-18-15(21)10-25-16(22)11(2)26-13-6-4-12(5-7-13)19(23)24/h4-7,11H,3,8-10H2,1-2H3,(H,17,20)(H,18,21)/t11-/m0/s1. The van der Waals surface area contributed by atoms with Crippen LogP contribution < -0.4 is 10.6 Å². The predicted octanol–water partition coefficient (Wildman–Crippen LogP) is 1.26. The lowest BCUT2D eigenvalue weighted by molar-refractivity contribution is -0.384. The van der Waals surface area contributed by atoms with E-state index in [-0.39, 0.29) is 18.1 Å². The maximum atomic E-state index is 11.9. The minimum atomic E-state index is -0.600. The molecule has 26 heavy (non-hydrogen) atoms.